The predicted octanol–water partition coefficient (Wildman–Crippen LogP) is 7.79. The smallest absolute Gasteiger partial charge is 0.0694 e. The second-order valence-electron chi connectivity index (χ2n) is 9.56. The van der Waals surface area contributed by atoms with E-state index in [0.717, 1.165) is 6.42 Å². The van der Waals surface area contributed by atoms with Crippen LogP contribution < -0.4 is 0 Å². The molecule has 0 saturated heterocycles. The molecule has 4 aromatic carbocycles. The van der Waals surface area contributed by atoms with Crippen LogP contribution in [0, 0.1) is 5.92 Å². The minimum absolute atomic E-state index is 0.235. The Morgan fingerprint density at radius 1 is 0.545 bits per heavy atom. The fourth-order valence-electron chi connectivity index (χ4n) is 7.18. The van der Waals surface area contributed by atoms with E-state index in [1.165, 1.54) is 55.7 Å². The van der Waals surface area contributed by atoms with E-state index in [4.69, 9.17) is 0 Å². The first-order chi connectivity index (χ1) is 16.4. The van der Waals surface area contributed by atoms with Crippen molar-refractivity contribution in [3.63, 3.8) is 0 Å². The van der Waals surface area contributed by atoms with Crippen molar-refractivity contribution in [3.8, 4) is 11.1 Å². The first-order valence-electron chi connectivity index (χ1n) is 11.9. The maximum absolute atomic E-state index is 2.39. The van der Waals surface area contributed by atoms with Crippen LogP contribution in [-0.2, 0) is 5.41 Å². The van der Waals surface area contributed by atoms with Gasteiger partial charge in [-0.05, 0) is 67.6 Å². The number of hydrogen-bond acceptors (Lipinski definition) is 0. The van der Waals surface area contributed by atoms with Crippen LogP contribution in [0.5, 0.6) is 0 Å². The predicted molar refractivity (Wildman–Crippen MR) is 136 cm³/mol. The van der Waals surface area contributed by atoms with Crippen LogP contribution in [0.4, 0.5) is 0 Å². The third kappa shape index (κ3) is 1.95. The summed E-state index contributed by atoms with van der Waals surface area (Å²) in [5, 5.41) is 0. The highest BCUT2D eigenvalue weighted by Gasteiger charge is 2.56. The molecule has 0 N–H and O–H groups in total. The molecule has 0 radical (unpaired) electrons. The Kier molecular flexibility index (Phi) is 3.27. The minimum Gasteiger partial charge on any atom is -0.0836 e. The summed E-state index contributed by atoms with van der Waals surface area (Å²) < 4.78 is 0. The van der Waals surface area contributed by atoms with Gasteiger partial charge in [0.1, 0.15) is 0 Å². The highest BCUT2D eigenvalue weighted by atomic mass is 14.6. The molecule has 154 valence electrons. The van der Waals surface area contributed by atoms with Crippen LogP contribution in [-0.4, -0.2) is 0 Å². The Morgan fingerprint density at radius 3 is 1.73 bits per heavy atom. The van der Waals surface area contributed by atoms with Gasteiger partial charge in [-0.1, -0.05) is 115 Å². The lowest BCUT2D eigenvalue weighted by Crippen LogP contribution is -2.33. The van der Waals surface area contributed by atoms with Gasteiger partial charge in [0.05, 0.1) is 5.41 Å². The fourth-order valence-corrected chi connectivity index (χ4v) is 7.18. The lowest BCUT2D eigenvalue weighted by molar-refractivity contribution is 0.643. The van der Waals surface area contributed by atoms with E-state index in [2.05, 4.69) is 115 Å². The number of fused-ring (bicyclic) bond motifs is 14. The average molecular weight is 419 g/mol. The lowest BCUT2D eigenvalue weighted by atomic mass is 9.61. The second-order valence-corrected chi connectivity index (χ2v) is 9.56. The Bertz CT molecular complexity index is 1540. The van der Waals surface area contributed by atoms with Crippen molar-refractivity contribution in [1.82, 2.24) is 0 Å². The molecule has 0 nitrogen and oxygen atoms in total. The van der Waals surface area contributed by atoms with Gasteiger partial charge in [0.2, 0.25) is 0 Å². The molecule has 1 spiro atoms. The molecule has 1 atom stereocenters. The van der Waals surface area contributed by atoms with E-state index in [1.54, 1.807) is 5.57 Å². The molecule has 0 bridgehead atoms. The maximum Gasteiger partial charge on any atom is 0.0694 e. The Hall–Kier alpha value is -3.90. The van der Waals surface area contributed by atoms with Crippen molar-refractivity contribution in [2.75, 3.05) is 0 Å². The molecule has 4 aliphatic carbocycles. The van der Waals surface area contributed by atoms with Gasteiger partial charge in [-0.15, -0.1) is 0 Å². The normalized spacial score (nSPS) is 19.9. The highest BCUT2D eigenvalue weighted by molar-refractivity contribution is 6.04. The number of benzene rings is 4. The summed E-state index contributed by atoms with van der Waals surface area (Å²) in [5.41, 5.74) is 15.6. The van der Waals surface area contributed by atoms with Crippen LogP contribution in [0.1, 0.15) is 39.8 Å². The van der Waals surface area contributed by atoms with Crippen molar-refractivity contribution in [1.29, 1.82) is 0 Å². The largest absolute Gasteiger partial charge is 0.0836 e. The molecule has 0 fully saturated rings. The SMILES string of the molecule is C1=CCC2C(=C1)c1ccccc1C1=C2C2(c3ccccc31)c1ccccc1-c1ccccc12. The van der Waals surface area contributed by atoms with Crippen LogP contribution in [0.15, 0.2) is 121 Å². The van der Waals surface area contributed by atoms with Crippen LogP contribution in [0.2, 0.25) is 0 Å². The van der Waals surface area contributed by atoms with Crippen molar-refractivity contribution in [3.05, 3.63) is 154 Å². The number of allylic oxidation sites excluding steroid dienone is 5. The summed E-state index contributed by atoms with van der Waals surface area (Å²) in [5.74, 6) is 0.381. The number of rotatable bonds is 0. The molecule has 0 saturated carbocycles. The molecular formula is C33H22. The second kappa shape index (κ2) is 6.11. The van der Waals surface area contributed by atoms with Gasteiger partial charge in [0.15, 0.2) is 0 Å². The van der Waals surface area contributed by atoms with E-state index in [-0.39, 0.29) is 5.41 Å². The zero-order chi connectivity index (χ0) is 21.6. The quantitative estimate of drug-likeness (QED) is 0.273. The lowest BCUT2D eigenvalue weighted by Gasteiger charge is -2.40. The van der Waals surface area contributed by atoms with Gasteiger partial charge in [-0.25, -0.2) is 0 Å². The summed E-state index contributed by atoms with van der Waals surface area (Å²) in [6, 6.07) is 36.5. The molecule has 0 heterocycles. The van der Waals surface area contributed by atoms with E-state index >= 15 is 0 Å². The van der Waals surface area contributed by atoms with E-state index < -0.39 is 0 Å². The molecule has 1 unspecified atom stereocenters. The van der Waals surface area contributed by atoms with Gasteiger partial charge in [-0.2, -0.15) is 0 Å². The summed E-state index contributed by atoms with van der Waals surface area (Å²) in [6.45, 7) is 0. The van der Waals surface area contributed by atoms with Crippen LogP contribution in [0.3, 0.4) is 0 Å². The van der Waals surface area contributed by atoms with Gasteiger partial charge < -0.3 is 0 Å². The maximum atomic E-state index is 2.39. The van der Waals surface area contributed by atoms with Crippen molar-refractivity contribution >= 4 is 11.1 Å². The fraction of sp³-hybridized carbons (Fsp3) is 0.0909. The summed E-state index contributed by atoms with van der Waals surface area (Å²) in [4.78, 5) is 0. The van der Waals surface area contributed by atoms with Gasteiger partial charge in [0, 0.05) is 5.92 Å². The molecule has 4 aromatic rings. The first-order valence-corrected chi connectivity index (χ1v) is 11.9. The Labute approximate surface area is 194 Å². The zero-order valence-electron chi connectivity index (χ0n) is 18.3. The summed E-state index contributed by atoms with van der Waals surface area (Å²) in [6.07, 6.45) is 8.02. The Balaban J connectivity index is 1.61. The molecule has 0 heteroatoms. The van der Waals surface area contributed by atoms with Crippen molar-refractivity contribution in [2.24, 2.45) is 5.92 Å². The minimum atomic E-state index is -0.235. The monoisotopic (exact) mass is 418 g/mol. The van der Waals surface area contributed by atoms with E-state index in [9.17, 15) is 0 Å². The highest BCUT2D eigenvalue weighted by Crippen LogP contribution is 2.67. The van der Waals surface area contributed by atoms with E-state index in [1.807, 2.05) is 0 Å². The average Bonchev–Trinajstić information content (AvgIpc) is 3.37. The van der Waals surface area contributed by atoms with Gasteiger partial charge in [-0.3, -0.25) is 0 Å². The first kappa shape index (κ1) is 17.6. The third-order valence-corrected chi connectivity index (χ3v) is 8.24. The van der Waals surface area contributed by atoms with Crippen molar-refractivity contribution in [2.45, 2.75) is 11.8 Å². The summed E-state index contributed by atoms with van der Waals surface area (Å²) >= 11 is 0. The topological polar surface area (TPSA) is 0 Å². The standard InChI is InChI=1S/C33H22/c1-3-15-25-21(11-1)22-12-2-4-16-26(22)32-31(25)27-17-7-10-20-30(27)33(32)28-18-8-5-13-23(28)24-14-6-9-19-29(24)33/h1-15,17-20,26H,16H2. The zero-order valence-corrected chi connectivity index (χ0v) is 18.3. The molecule has 0 aliphatic heterocycles. The third-order valence-electron chi connectivity index (χ3n) is 8.24. The van der Waals surface area contributed by atoms with Crippen LogP contribution in [0.25, 0.3) is 22.3 Å². The Morgan fingerprint density at radius 2 is 1.06 bits per heavy atom. The molecular weight excluding hydrogens is 396 g/mol. The van der Waals surface area contributed by atoms with Crippen molar-refractivity contribution < 1.29 is 0 Å². The number of hydrogen-bond donors (Lipinski definition) is 0. The molecule has 33 heavy (non-hydrogen) atoms. The molecule has 0 aromatic heterocycles. The van der Waals surface area contributed by atoms with Crippen LogP contribution >= 0.6 is 0 Å². The molecule has 0 amide bonds. The van der Waals surface area contributed by atoms with Gasteiger partial charge in [0.25, 0.3) is 0 Å². The van der Waals surface area contributed by atoms with E-state index in [0.29, 0.717) is 5.92 Å². The molecule has 8 rings (SSSR count). The molecule has 4 aliphatic rings. The van der Waals surface area contributed by atoms with Gasteiger partial charge >= 0.3 is 0 Å². The summed E-state index contributed by atoms with van der Waals surface area (Å²) in [7, 11) is 0.